The third-order valence-electron chi connectivity index (χ3n) is 4.14. The quantitative estimate of drug-likeness (QED) is 0.525. The predicted octanol–water partition coefficient (Wildman–Crippen LogP) is 4.04. The summed E-state index contributed by atoms with van der Waals surface area (Å²) in [7, 11) is 0. The number of furan rings is 1. The zero-order chi connectivity index (χ0) is 20.5. The van der Waals surface area contributed by atoms with Crippen LogP contribution in [0.2, 0.25) is 0 Å². The van der Waals surface area contributed by atoms with Crippen LogP contribution in [0, 0.1) is 0 Å². The second-order valence-corrected chi connectivity index (χ2v) is 7.29. The molecular weight excluding hydrogens is 388 g/mol. The molecule has 0 radical (unpaired) electrons. The Labute approximate surface area is 173 Å². The number of benzene rings is 1. The number of anilines is 2. The summed E-state index contributed by atoms with van der Waals surface area (Å²) in [4.78, 5) is 31.0. The Morgan fingerprint density at radius 1 is 1.17 bits per heavy atom. The van der Waals surface area contributed by atoms with Gasteiger partial charge in [-0.1, -0.05) is 25.1 Å². The van der Waals surface area contributed by atoms with Gasteiger partial charge in [0.2, 0.25) is 5.91 Å². The standard InChI is InChI=1S/C21H24N4O3S/c1-2-11-22-19(26)10-12-25(14-17-9-6-13-28-17)20(27)18-15-29-21(24-18)23-16-7-4-3-5-8-16/h3-9,13,15H,2,10-12,14H2,1H3,(H,22,26)(H,23,24). The van der Waals surface area contributed by atoms with Crippen molar-refractivity contribution in [1.82, 2.24) is 15.2 Å². The normalized spacial score (nSPS) is 10.5. The Morgan fingerprint density at radius 2 is 2.00 bits per heavy atom. The average molecular weight is 413 g/mol. The van der Waals surface area contributed by atoms with Gasteiger partial charge < -0.3 is 20.0 Å². The van der Waals surface area contributed by atoms with Crippen LogP contribution in [0.15, 0.2) is 58.5 Å². The van der Waals surface area contributed by atoms with E-state index in [4.69, 9.17) is 4.42 Å². The number of hydrogen-bond donors (Lipinski definition) is 2. The Kier molecular flexibility index (Phi) is 7.40. The molecule has 0 atom stereocenters. The molecule has 0 aliphatic rings. The molecule has 3 aromatic rings. The highest BCUT2D eigenvalue weighted by Gasteiger charge is 2.21. The van der Waals surface area contributed by atoms with Crippen molar-refractivity contribution in [2.45, 2.75) is 26.3 Å². The summed E-state index contributed by atoms with van der Waals surface area (Å²) in [5, 5.41) is 8.38. The summed E-state index contributed by atoms with van der Waals surface area (Å²) >= 11 is 1.36. The second kappa shape index (κ2) is 10.4. The van der Waals surface area contributed by atoms with E-state index < -0.39 is 0 Å². The van der Waals surface area contributed by atoms with E-state index >= 15 is 0 Å². The highest BCUT2D eigenvalue weighted by atomic mass is 32.1. The van der Waals surface area contributed by atoms with E-state index in [2.05, 4.69) is 15.6 Å². The van der Waals surface area contributed by atoms with Gasteiger partial charge in [-0.3, -0.25) is 9.59 Å². The van der Waals surface area contributed by atoms with E-state index in [0.29, 0.717) is 23.1 Å². The van der Waals surface area contributed by atoms with Crippen LogP contribution < -0.4 is 10.6 Å². The smallest absolute Gasteiger partial charge is 0.273 e. The van der Waals surface area contributed by atoms with Gasteiger partial charge in [-0.25, -0.2) is 4.98 Å². The monoisotopic (exact) mass is 412 g/mol. The van der Waals surface area contributed by atoms with Gasteiger partial charge in [-0.15, -0.1) is 11.3 Å². The minimum atomic E-state index is -0.234. The van der Waals surface area contributed by atoms with Crippen molar-refractivity contribution >= 4 is 34.0 Å². The fourth-order valence-corrected chi connectivity index (χ4v) is 3.37. The van der Waals surface area contributed by atoms with Crippen LogP contribution in [-0.2, 0) is 11.3 Å². The fourth-order valence-electron chi connectivity index (χ4n) is 2.67. The Balaban J connectivity index is 1.67. The van der Waals surface area contributed by atoms with Crippen LogP contribution in [-0.4, -0.2) is 34.8 Å². The van der Waals surface area contributed by atoms with Crippen LogP contribution in [0.5, 0.6) is 0 Å². The first-order valence-electron chi connectivity index (χ1n) is 9.51. The zero-order valence-corrected chi connectivity index (χ0v) is 17.1. The van der Waals surface area contributed by atoms with E-state index in [1.807, 2.05) is 37.3 Å². The van der Waals surface area contributed by atoms with E-state index in [1.165, 1.54) is 11.3 Å². The number of nitrogens with zero attached hydrogens (tertiary/aromatic N) is 2. The first-order valence-corrected chi connectivity index (χ1v) is 10.4. The van der Waals surface area contributed by atoms with Gasteiger partial charge in [0.15, 0.2) is 5.13 Å². The Bertz CT molecular complexity index is 909. The molecule has 0 unspecified atom stereocenters. The van der Waals surface area contributed by atoms with Gasteiger partial charge in [0.05, 0.1) is 12.8 Å². The molecule has 2 amide bonds. The average Bonchev–Trinajstić information content (AvgIpc) is 3.42. The molecule has 3 rings (SSSR count). The summed E-state index contributed by atoms with van der Waals surface area (Å²) in [5.41, 5.74) is 1.25. The lowest BCUT2D eigenvalue weighted by atomic mass is 10.3. The van der Waals surface area contributed by atoms with Crippen LogP contribution in [0.1, 0.15) is 36.0 Å². The molecule has 0 bridgehead atoms. The van der Waals surface area contributed by atoms with E-state index in [0.717, 1.165) is 12.1 Å². The minimum absolute atomic E-state index is 0.0752. The van der Waals surface area contributed by atoms with E-state index in [-0.39, 0.29) is 31.3 Å². The molecule has 1 aromatic carbocycles. The van der Waals surface area contributed by atoms with Crippen molar-refractivity contribution in [3.63, 3.8) is 0 Å². The molecule has 2 N–H and O–H groups in total. The second-order valence-electron chi connectivity index (χ2n) is 6.43. The molecule has 0 fully saturated rings. The molecule has 7 nitrogen and oxygen atoms in total. The van der Waals surface area contributed by atoms with Gasteiger partial charge in [0, 0.05) is 30.6 Å². The number of para-hydroxylation sites is 1. The summed E-state index contributed by atoms with van der Waals surface area (Å²) < 4.78 is 5.38. The van der Waals surface area contributed by atoms with Crippen molar-refractivity contribution < 1.29 is 14.0 Å². The summed E-state index contributed by atoms with van der Waals surface area (Å²) in [5.74, 6) is 0.348. The van der Waals surface area contributed by atoms with Gasteiger partial charge in [-0.05, 0) is 30.7 Å². The molecule has 0 saturated heterocycles. The highest BCUT2D eigenvalue weighted by molar-refractivity contribution is 7.14. The molecule has 2 heterocycles. The molecule has 0 aliphatic carbocycles. The largest absolute Gasteiger partial charge is 0.467 e. The molecule has 0 saturated carbocycles. The van der Waals surface area contributed by atoms with Gasteiger partial charge in [-0.2, -0.15) is 0 Å². The van der Waals surface area contributed by atoms with Gasteiger partial charge >= 0.3 is 0 Å². The summed E-state index contributed by atoms with van der Waals surface area (Å²) in [6.07, 6.45) is 2.67. The van der Waals surface area contributed by atoms with Crippen molar-refractivity contribution in [2.24, 2.45) is 0 Å². The maximum atomic E-state index is 13.0. The van der Waals surface area contributed by atoms with Crippen LogP contribution in [0.4, 0.5) is 10.8 Å². The number of carbonyl (C=O) groups is 2. The molecular formula is C21H24N4O3S. The number of aromatic nitrogens is 1. The van der Waals surface area contributed by atoms with Crippen molar-refractivity contribution in [1.29, 1.82) is 0 Å². The molecule has 29 heavy (non-hydrogen) atoms. The first kappa shape index (κ1) is 20.6. The van der Waals surface area contributed by atoms with E-state index in [9.17, 15) is 9.59 Å². The Morgan fingerprint density at radius 3 is 2.72 bits per heavy atom. The number of rotatable bonds is 10. The molecule has 0 aliphatic heterocycles. The summed E-state index contributed by atoms with van der Waals surface area (Å²) in [6.45, 7) is 3.20. The third-order valence-corrected chi connectivity index (χ3v) is 4.90. The third kappa shape index (κ3) is 6.18. The van der Waals surface area contributed by atoms with E-state index in [1.54, 1.807) is 28.7 Å². The topological polar surface area (TPSA) is 87.5 Å². The number of thiazole rings is 1. The van der Waals surface area contributed by atoms with Gasteiger partial charge in [0.1, 0.15) is 11.5 Å². The summed E-state index contributed by atoms with van der Waals surface area (Å²) in [6, 6.07) is 13.2. The number of amides is 2. The SMILES string of the molecule is CCCNC(=O)CCN(Cc1ccco1)C(=O)c1csc(Nc2ccccc2)n1. The maximum Gasteiger partial charge on any atom is 0.273 e. The van der Waals surface area contributed by atoms with Crippen molar-refractivity contribution in [3.8, 4) is 0 Å². The number of hydrogen-bond acceptors (Lipinski definition) is 6. The maximum absolute atomic E-state index is 13.0. The lowest BCUT2D eigenvalue weighted by molar-refractivity contribution is -0.121. The predicted molar refractivity (Wildman–Crippen MR) is 113 cm³/mol. The van der Waals surface area contributed by atoms with Crippen LogP contribution >= 0.6 is 11.3 Å². The first-order chi connectivity index (χ1) is 14.2. The fraction of sp³-hybridized carbons (Fsp3) is 0.286. The zero-order valence-electron chi connectivity index (χ0n) is 16.3. The lowest BCUT2D eigenvalue weighted by Gasteiger charge is -2.20. The van der Waals surface area contributed by atoms with Crippen LogP contribution in [0.25, 0.3) is 0 Å². The number of nitrogens with one attached hydrogen (secondary N) is 2. The highest BCUT2D eigenvalue weighted by Crippen LogP contribution is 2.22. The minimum Gasteiger partial charge on any atom is -0.467 e. The number of carbonyl (C=O) groups excluding carboxylic acids is 2. The Hall–Kier alpha value is -3.13. The molecule has 2 aromatic heterocycles. The van der Waals surface area contributed by atoms with Gasteiger partial charge in [0.25, 0.3) is 5.91 Å². The van der Waals surface area contributed by atoms with Crippen molar-refractivity contribution in [3.05, 3.63) is 65.6 Å². The molecule has 152 valence electrons. The van der Waals surface area contributed by atoms with Crippen LogP contribution in [0.3, 0.4) is 0 Å². The lowest BCUT2D eigenvalue weighted by Crippen LogP contribution is -2.35. The molecule has 0 spiro atoms. The van der Waals surface area contributed by atoms with Crippen molar-refractivity contribution in [2.75, 3.05) is 18.4 Å². The molecule has 8 heteroatoms.